The summed E-state index contributed by atoms with van der Waals surface area (Å²) >= 11 is 0. The Hall–Kier alpha value is -1.12. The van der Waals surface area contributed by atoms with Crippen molar-refractivity contribution in [1.82, 2.24) is 0 Å². The van der Waals surface area contributed by atoms with Crippen LogP contribution in [0.4, 0.5) is 0 Å². The Kier molecular flexibility index (Phi) is 4.59. The second-order valence-electron chi connectivity index (χ2n) is 4.82. The van der Waals surface area contributed by atoms with E-state index in [4.69, 9.17) is 14.2 Å². The molecule has 1 heterocycles. The number of carbonyl (C=O) groups is 1. The Balaban J connectivity index is 3.13. The Morgan fingerprint density at radius 3 is 2.42 bits per heavy atom. The number of cyclic esters (lactones) is 1. The highest BCUT2D eigenvalue weighted by Gasteiger charge is 2.47. The number of methoxy groups -OCH3 is 1. The molecule has 1 aliphatic heterocycles. The fourth-order valence-electron chi connectivity index (χ4n) is 1.74. The van der Waals surface area contributed by atoms with Gasteiger partial charge in [-0.2, -0.15) is 8.42 Å². The van der Waals surface area contributed by atoms with Crippen molar-refractivity contribution < 1.29 is 31.6 Å². The first-order chi connectivity index (χ1) is 8.59. The van der Waals surface area contributed by atoms with Crippen LogP contribution in [0.1, 0.15) is 20.8 Å². The van der Waals surface area contributed by atoms with E-state index >= 15 is 0 Å². The van der Waals surface area contributed by atoms with Crippen LogP contribution in [-0.2, 0) is 33.3 Å². The second-order valence-corrected chi connectivity index (χ2v) is 6.40. The molecule has 0 saturated carbocycles. The quantitative estimate of drug-likeness (QED) is 0.420. The molecule has 1 aliphatic rings. The van der Waals surface area contributed by atoms with Crippen LogP contribution in [0.3, 0.4) is 0 Å². The van der Waals surface area contributed by atoms with E-state index in [2.05, 4.69) is 4.18 Å². The summed E-state index contributed by atoms with van der Waals surface area (Å²) in [5, 5.41) is 0. The van der Waals surface area contributed by atoms with Crippen molar-refractivity contribution in [3.05, 3.63) is 11.5 Å². The van der Waals surface area contributed by atoms with Crippen LogP contribution in [0.15, 0.2) is 11.5 Å². The molecule has 0 aliphatic carbocycles. The third-order valence-corrected chi connectivity index (χ3v) is 3.12. The van der Waals surface area contributed by atoms with E-state index in [-0.39, 0.29) is 12.7 Å². The fourth-order valence-corrected chi connectivity index (χ4v) is 2.18. The molecule has 0 aromatic rings. The molecule has 0 aromatic heterocycles. The van der Waals surface area contributed by atoms with Crippen LogP contribution in [0.25, 0.3) is 0 Å². The summed E-state index contributed by atoms with van der Waals surface area (Å²) in [6.07, 6.45) is 0.178. The lowest BCUT2D eigenvalue weighted by atomic mass is 9.81. The summed E-state index contributed by atoms with van der Waals surface area (Å²) in [6, 6.07) is 0. The van der Waals surface area contributed by atoms with Gasteiger partial charge in [0.05, 0.1) is 11.7 Å². The summed E-state index contributed by atoms with van der Waals surface area (Å²) < 4.78 is 42.0. The van der Waals surface area contributed by atoms with Crippen molar-refractivity contribution in [2.75, 3.05) is 20.2 Å². The molecule has 0 N–H and O–H groups in total. The first-order valence-corrected chi connectivity index (χ1v) is 7.34. The minimum atomic E-state index is -3.78. The van der Waals surface area contributed by atoms with Crippen molar-refractivity contribution in [3.8, 4) is 0 Å². The van der Waals surface area contributed by atoms with Crippen molar-refractivity contribution >= 4 is 16.1 Å². The zero-order valence-corrected chi connectivity index (χ0v) is 12.4. The van der Waals surface area contributed by atoms with Gasteiger partial charge in [0.2, 0.25) is 0 Å². The van der Waals surface area contributed by atoms with Gasteiger partial charge in [-0.25, -0.2) is 0 Å². The number of hydrogen-bond donors (Lipinski definition) is 0. The van der Waals surface area contributed by atoms with Gasteiger partial charge in [0, 0.05) is 12.7 Å². The Morgan fingerprint density at radius 2 is 1.95 bits per heavy atom. The van der Waals surface area contributed by atoms with Crippen LogP contribution < -0.4 is 0 Å². The van der Waals surface area contributed by atoms with Gasteiger partial charge in [-0.05, 0) is 20.8 Å². The SMILES string of the molecule is COCOC1C(C)=C(OS(C)(=O)=O)OC(=O)C1(C)C. The average molecular weight is 294 g/mol. The van der Waals surface area contributed by atoms with E-state index in [0.717, 1.165) is 6.26 Å². The molecule has 19 heavy (non-hydrogen) atoms. The maximum Gasteiger partial charge on any atom is 0.322 e. The maximum atomic E-state index is 11.9. The third kappa shape index (κ3) is 3.68. The minimum Gasteiger partial charge on any atom is -0.391 e. The fraction of sp³-hybridized carbons (Fsp3) is 0.727. The van der Waals surface area contributed by atoms with Crippen LogP contribution in [0.2, 0.25) is 0 Å². The van der Waals surface area contributed by atoms with Gasteiger partial charge in [0.1, 0.15) is 12.9 Å². The molecule has 7 nitrogen and oxygen atoms in total. The Labute approximate surface area is 112 Å². The zero-order chi connectivity index (χ0) is 14.8. The standard InChI is InChI=1S/C11H18O7S/c1-7-8(16-6-15-4)11(2,3)10(12)17-9(7)18-19(5,13)14/h8H,6H2,1-5H3. The summed E-state index contributed by atoms with van der Waals surface area (Å²) in [5.41, 5.74) is -0.584. The van der Waals surface area contributed by atoms with E-state index in [1.807, 2.05) is 0 Å². The topological polar surface area (TPSA) is 88.1 Å². The predicted octanol–water partition coefficient (Wildman–Crippen LogP) is 0.766. The smallest absolute Gasteiger partial charge is 0.322 e. The molecule has 0 bridgehead atoms. The number of esters is 1. The van der Waals surface area contributed by atoms with E-state index in [9.17, 15) is 13.2 Å². The molecular weight excluding hydrogens is 276 g/mol. The zero-order valence-electron chi connectivity index (χ0n) is 11.6. The lowest BCUT2D eigenvalue weighted by molar-refractivity contribution is -0.173. The Bertz CT molecular complexity index is 489. The van der Waals surface area contributed by atoms with E-state index < -0.39 is 27.6 Å². The average Bonchev–Trinajstić information content (AvgIpc) is 2.24. The number of carbonyl (C=O) groups excluding carboxylic acids is 1. The van der Waals surface area contributed by atoms with Crippen LogP contribution in [-0.4, -0.2) is 40.6 Å². The highest BCUT2D eigenvalue weighted by molar-refractivity contribution is 7.86. The van der Waals surface area contributed by atoms with Gasteiger partial charge in [-0.3, -0.25) is 4.79 Å². The molecule has 0 spiro atoms. The van der Waals surface area contributed by atoms with E-state index in [0.29, 0.717) is 5.57 Å². The molecule has 1 atom stereocenters. The summed E-state index contributed by atoms with van der Waals surface area (Å²) in [5.74, 6) is -0.981. The lowest BCUT2D eigenvalue weighted by Crippen LogP contribution is -2.45. The number of ether oxygens (including phenoxy) is 3. The molecule has 0 saturated heterocycles. The molecule has 1 unspecified atom stereocenters. The lowest BCUT2D eigenvalue weighted by Gasteiger charge is -2.36. The summed E-state index contributed by atoms with van der Waals surface area (Å²) in [4.78, 5) is 11.9. The normalized spacial score (nSPS) is 23.2. The first kappa shape index (κ1) is 15.9. The molecule has 110 valence electrons. The van der Waals surface area contributed by atoms with Gasteiger partial charge in [-0.1, -0.05) is 0 Å². The molecule has 8 heteroatoms. The molecular formula is C11H18O7S. The van der Waals surface area contributed by atoms with Crippen molar-refractivity contribution in [2.24, 2.45) is 5.41 Å². The Morgan fingerprint density at radius 1 is 1.37 bits per heavy atom. The third-order valence-electron chi connectivity index (χ3n) is 2.66. The molecule has 0 fully saturated rings. The van der Waals surface area contributed by atoms with E-state index in [1.165, 1.54) is 7.11 Å². The molecule has 0 aromatic carbocycles. The monoisotopic (exact) mass is 294 g/mol. The first-order valence-electron chi connectivity index (χ1n) is 5.52. The summed E-state index contributed by atoms with van der Waals surface area (Å²) in [6.45, 7) is 4.81. The van der Waals surface area contributed by atoms with Crippen molar-refractivity contribution in [2.45, 2.75) is 26.9 Å². The van der Waals surface area contributed by atoms with Gasteiger partial charge >= 0.3 is 22.0 Å². The maximum absolute atomic E-state index is 11.9. The summed E-state index contributed by atoms with van der Waals surface area (Å²) in [7, 11) is -2.34. The molecule has 1 rings (SSSR count). The van der Waals surface area contributed by atoms with Gasteiger partial charge in [0.25, 0.3) is 0 Å². The predicted molar refractivity (Wildman–Crippen MR) is 65.3 cm³/mol. The minimum absolute atomic E-state index is 0.0368. The largest absolute Gasteiger partial charge is 0.391 e. The van der Waals surface area contributed by atoms with Gasteiger partial charge in [0.15, 0.2) is 0 Å². The number of hydrogen-bond acceptors (Lipinski definition) is 7. The van der Waals surface area contributed by atoms with Crippen molar-refractivity contribution in [3.63, 3.8) is 0 Å². The van der Waals surface area contributed by atoms with Crippen molar-refractivity contribution in [1.29, 1.82) is 0 Å². The molecule has 0 radical (unpaired) electrons. The van der Waals surface area contributed by atoms with Gasteiger partial charge in [-0.15, -0.1) is 0 Å². The highest BCUT2D eigenvalue weighted by Crippen LogP contribution is 2.37. The van der Waals surface area contributed by atoms with Crippen LogP contribution in [0, 0.1) is 5.41 Å². The van der Waals surface area contributed by atoms with Gasteiger partial charge < -0.3 is 18.4 Å². The van der Waals surface area contributed by atoms with Crippen LogP contribution in [0.5, 0.6) is 0 Å². The van der Waals surface area contributed by atoms with Crippen LogP contribution >= 0.6 is 0 Å². The second kappa shape index (κ2) is 5.48. The highest BCUT2D eigenvalue weighted by atomic mass is 32.2. The number of rotatable bonds is 5. The van der Waals surface area contributed by atoms with E-state index in [1.54, 1.807) is 20.8 Å². The molecule has 0 amide bonds.